The van der Waals surface area contributed by atoms with Gasteiger partial charge in [-0.05, 0) is 48.9 Å². The molecule has 0 aromatic heterocycles. The van der Waals surface area contributed by atoms with Gasteiger partial charge in [0.05, 0.1) is 0 Å². The molecule has 0 saturated heterocycles. The summed E-state index contributed by atoms with van der Waals surface area (Å²) in [7, 11) is 0. The van der Waals surface area contributed by atoms with Crippen molar-refractivity contribution in [1.29, 1.82) is 0 Å². The summed E-state index contributed by atoms with van der Waals surface area (Å²) in [4.78, 5) is 0. The van der Waals surface area contributed by atoms with Crippen LogP contribution < -0.4 is 5.32 Å². The number of benzene rings is 2. The fourth-order valence-corrected chi connectivity index (χ4v) is 3.27. The van der Waals surface area contributed by atoms with Crippen molar-refractivity contribution >= 4 is 0 Å². The van der Waals surface area contributed by atoms with Crippen LogP contribution in [0.1, 0.15) is 54.1 Å². The largest absolute Gasteiger partial charge is 0.303 e. The number of nitrogens with one attached hydrogen (secondary N) is 1. The first kappa shape index (κ1) is 14.3. The van der Waals surface area contributed by atoms with Crippen molar-refractivity contribution in [3.63, 3.8) is 0 Å². The van der Waals surface area contributed by atoms with Gasteiger partial charge in [-0.3, -0.25) is 0 Å². The van der Waals surface area contributed by atoms with E-state index in [4.69, 9.17) is 0 Å². The van der Waals surface area contributed by atoms with Gasteiger partial charge in [-0.1, -0.05) is 48.9 Å². The fraction of sp³-hybridized carbons (Fsp3) is 0.368. The highest BCUT2D eigenvalue weighted by molar-refractivity contribution is 5.36. The van der Waals surface area contributed by atoms with Crippen molar-refractivity contribution in [2.75, 3.05) is 0 Å². The Morgan fingerprint density at radius 1 is 1.19 bits per heavy atom. The Morgan fingerprint density at radius 3 is 2.67 bits per heavy atom. The molecule has 0 spiro atoms. The van der Waals surface area contributed by atoms with Gasteiger partial charge in [0.15, 0.2) is 0 Å². The molecule has 1 aliphatic carbocycles. The second-order valence-corrected chi connectivity index (χ2v) is 5.94. The molecule has 1 N–H and O–H groups in total. The number of aryl methyl sites for hydroxylation is 1. The molecule has 3 rings (SSSR count). The van der Waals surface area contributed by atoms with Crippen LogP contribution in [-0.2, 0) is 6.42 Å². The van der Waals surface area contributed by atoms with Crippen LogP contribution in [0.2, 0.25) is 0 Å². The minimum Gasteiger partial charge on any atom is -0.303 e. The van der Waals surface area contributed by atoms with Gasteiger partial charge in [-0.15, -0.1) is 0 Å². The Bertz CT molecular complexity index is 618. The van der Waals surface area contributed by atoms with Crippen molar-refractivity contribution in [2.45, 2.75) is 45.2 Å². The number of fused-ring (bicyclic) bond motifs is 1. The van der Waals surface area contributed by atoms with E-state index in [1.165, 1.54) is 11.1 Å². The van der Waals surface area contributed by atoms with Gasteiger partial charge in [-0.2, -0.15) is 0 Å². The second kappa shape index (κ2) is 5.98. The van der Waals surface area contributed by atoms with Crippen molar-refractivity contribution in [3.8, 4) is 0 Å². The van der Waals surface area contributed by atoms with Gasteiger partial charge in [0.1, 0.15) is 5.82 Å². The lowest BCUT2D eigenvalue weighted by Crippen LogP contribution is -2.24. The summed E-state index contributed by atoms with van der Waals surface area (Å²) in [5.74, 6) is -0.0554. The topological polar surface area (TPSA) is 12.0 Å². The van der Waals surface area contributed by atoms with E-state index >= 15 is 0 Å². The van der Waals surface area contributed by atoms with Crippen LogP contribution in [0.5, 0.6) is 0 Å². The second-order valence-electron chi connectivity index (χ2n) is 5.94. The molecule has 0 amide bonds. The Labute approximate surface area is 126 Å². The summed E-state index contributed by atoms with van der Waals surface area (Å²) in [5, 5.41) is 3.72. The van der Waals surface area contributed by atoms with E-state index in [9.17, 15) is 4.39 Å². The molecule has 0 aliphatic heterocycles. The fourth-order valence-electron chi connectivity index (χ4n) is 3.27. The van der Waals surface area contributed by atoms with E-state index in [0.29, 0.717) is 6.04 Å². The van der Waals surface area contributed by atoms with Crippen molar-refractivity contribution in [1.82, 2.24) is 5.32 Å². The summed E-state index contributed by atoms with van der Waals surface area (Å²) in [5.41, 5.74) is 4.63. The summed E-state index contributed by atoms with van der Waals surface area (Å²) in [6.07, 6.45) is 2.85. The van der Waals surface area contributed by atoms with Crippen LogP contribution in [0, 0.1) is 12.7 Å². The van der Waals surface area contributed by atoms with Gasteiger partial charge in [-0.25, -0.2) is 4.39 Å². The number of rotatable bonds is 4. The molecule has 0 radical (unpaired) electrons. The quantitative estimate of drug-likeness (QED) is 0.844. The lowest BCUT2D eigenvalue weighted by Gasteiger charge is -2.23. The SMILES string of the molecule is CCC(NC1CCc2c(F)cccc21)c1ccc(C)cc1. The summed E-state index contributed by atoms with van der Waals surface area (Å²) in [6.45, 7) is 4.30. The maximum atomic E-state index is 13.8. The minimum atomic E-state index is -0.0554. The highest BCUT2D eigenvalue weighted by atomic mass is 19.1. The average molecular weight is 283 g/mol. The zero-order valence-electron chi connectivity index (χ0n) is 12.7. The highest BCUT2D eigenvalue weighted by Gasteiger charge is 2.26. The first-order valence-corrected chi connectivity index (χ1v) is 7.79. The first-order chi connectivity index (χ1) is 10.2. The molecule has 1 aliphatic rings. The smallest absolute Gasteiger partial charge is 0.126 e. The monoisotopic (exact) mass is 283 g/mol. The minimum absolute atomic E-state index is 0.0554. The van der Waals surface area contributed by atoms with Crippen LogP contribution >= 0.6 is 0 Å². The van der Waals surface area contributed by atoms with E-state index in [1.54, 1.807) is 6.07 Å². The third kappa shape index (κ3) is 2.86. The predicted octanol–water partition coefficient (Wildman–Crippen LogP) is 4.86. The Hall–Kier alpha value is -1.67. The molecule has 2 atom stereocenters. The molecule has 2 heteroatoms. The van der Waals surface area contributed by atoms with Crippen LogP contribution in [0.15, 0.2) is 42.5 Å². The Kier molecular flexibility index (Phi) is 4.07. The predicted molar refractivity (Wildman–Crippen MR) is 84.8 cm³/mol. The molecule has 0 saturated carbocycles. The van der Waals surface area contributed by atoms with E-state index in [1.807, 2.05) is 6.07 Å². The van der Waals surface area contributed by atoms with E-state index < -0.39 is 0 Å². The van der Waals surface area contributed by atoms with Crippen LogP contribution in [0.4, 0.5) is 4.39 Å². The number of hydrogen-bond acceptors (Lipinski definition) is 1. The molecular formula is C19H22FN. The summed E-state index contributed by atoms with van der Waals surface area (Å²) in [6, 6.07) is 14.7. The summed E-state index contributed by atoms with van der Waals surface area (Å²) >= 11 is 0. The number of halogens is 1. The van der Waals surface area contributed by atoms with E-state index in [0.717, 1.165) is 30.4 Å². The lowest BCUT2D eigenvalue weighted by molar-refractivity contribution is 0.433. The third-order valence-corrected chi connectivity index (χ3v) is 4.50. The molecule has 2 aromatic rings. The molecule has 2 aromatic carbocycles. The van der Waals surface area contributed by atoms with E-state index in [2.05, 4.69) is 49.5 Å². The van der Waals surface area contributed by atoms with Gasteiger partial charge >= 0.3 is 0 Å². The van der Waals surface area contributed by atoms with Crippen molar-refractivity contribution in [2.24, 2.45) is 0 Å². The van der Waals surface area contributed by atoms with Crippen LogP contribution in [0.3, 0.4) is 0 Å². The van der Waals surface area contributed by atoms with Gasteiger partial charge < -0.3 is 5.32 Å². The molecule has 0 heterocycles. The van der Waals surface area contributed by atoms with Crippen LogP contribution in [0.25, 0.3) is 0 Å². The Morgan fingerprint density at radius 2 is 1.95 bits per heavy atom. The lowest BCUT2D eigenvalue weighted by atomic mass is 10.0. The average Bonchev–Trinajstić information content (AvgIpc) is 2.90. The zero-order valence-corrected chi connectivity index (χ0v) is 12.7. The maximum absolute atomic E-state index is 13.8. The molecule has 1 nitrogen and oxygen atoms in total. The number of hydrogen-bond donors (Lipinski definition) is 1. The maximum Gasteiger partial charge on any atom is 0.126 e. The van der Waals surface area contributed by atoms with Gasteiger partial charge in [0, 0.05) is 12.1 Å². The molecule has 110 valence electrons. The molecule has 21 heavy (non-hydrogen) atoms. The standard InChI is InChI=1S/C19H22FN/c1-3-18(14-9-7-13(2)8-10-14)21-19-12-11-15-16(19)5-4-6-17(15)20/h4-10,18-19,21H,3,11-12H2,1-2H3. The van der Waals surface area contributed by atoms with Crippen LogP contribution in [-0.4, -0.2) is 0 Å². The van der Waals surface area contributed by atoms with Gasteiger partial charge in [0.25, 0.3) is 0 Å². The highest BCUT2D eigenvalue weighted by Crippen LogP contribution is 2.35. The van der Waals surface area contributed by atoms with Crippen molar-refractivity contribution < 1.29 is 4.39 Å². The normalized spacial score (nSPS) is 18.5. The molecule has 2 unspecified atom stereocenters. The van der Waals surface area contributed by atoms with Gasteiger partial charge in [0.2, 0.25) is 0 Å². The van der Waals surface area contributed by atoms with Crippen molar-refractivity contribution in [3.05, 3.63) is 70.5 Å². The zero-order chi connectivity index (χ0) is 14.8. The Balaban J connectivity index is 1.80. The molecule has 0 fully saturated rings. The van der Waals surface area contributed by atoms with E-state index in [-0.39, 0.29) is 11.9 Å². The first-order valence-electron chi connectivity index (χ1n) is 7.79. The third-order valence-electron chi connectivity index (χ3n) is 4.50. The molecular weight excluding hydrogens is 261 g/mol. The summed E-state index contributed by atoms with van der Waals surface area (Å²) < 4.78 is 13.8. The molecule has 0 bridgehead atoms.